The van der Waals surface area contributed by atoms with Gasteiger partial charge in [0.25, 0.3) is 0 Å². The van der Waals surface area contributed by atoms with Crippen LogP contribution in [-0.2, 0) is 0 Å². The first kappa shape index (κ1) is 39.4. The lowest BCUT2D eigenvalue weighted by atomic mass is 9.87. The fourth-order valence-electron chi connectivity index (χ4n) is 10.4. The molecule has 0 saturated heterocycles. The summed E-state index contributed by atoms with van der Waals surface area (Å²) in [6.45, 7) is 0. The molecule has 0 fully saturated rings. The van der Waals surface area contributed by atoms with E-state index < -0.39 is 0 Å². The van der Waals surface area contributed by atoms with Crippen LogP contribution >= 0.6 is 0 Å². The highest BCUT2D eigenvalue weighted by atomic mass is 15.1. The Bertz CT molecular complexity index is 3520. The molecule has 9 aromatic carbocycles. The molecule has 2 aliphatic carbocycles. The van der Waals surface area contributed by atoms with E-state index in [1.54, 1.807) is 0 Å². The smallest absolute Gasteiger partial charge is 0.0547 e. The third-order valence-corrected chi connectivity index (χ3v) is 13.7. The van der Waals surface area contributed by atoms with Crippen molar-refractivity contribution in [3.8, 4) is 16.8 Å². The van der Waals surface area contributed by atoms with Crippen LogP contribution in [0.15, 0.2) is 249 Å². The Morgan fingerprint density at radius 1 is 0.439 bits per heavy atom. The molecule has 66 heavy (non-hydrogen) atoms. The maximum Gasteiger partial charge on any atom is 0.0547 e. The topological polar surface area (TPSA) is 8.17 Å². The van der Waals surface area contributed by atoms with Crippen molar-refractivity contribution >= 4 is 66.4 Å². The molecule has 1 heterocycles. The van der Waals surface area contributed by atoms with Gasteiger partial charge >= 0.3 is 0 Å². The van der Waals surface area contributed by atoms with E-state index in [0.29, 0.717) is 5.92 Å². The van der Waals surface area contributed by atoms with E-state index in [4.69, 9.17) is 0 Å². The zero-order valence-electron chi connectivity index (χ0n) is 36.8. The fraction of sp³-hybridized carbons (Fsp3) is 0.0625. The van der Waals surface area contributed by atoms with Gasteiger partial charge in [-0.25, -0.2) is 0 Å². The minimum absolute atomic E-state index is 0.313. The Morgan fingerprint density at radius 2 is 1.06 bits per heavy atom. The maximum absolute atomic E-state index is 2.43. The van der Waals surface area contributed by atoms with E-state index in [-0.39, 0.29) is 0 Å². The zero-order valence-corrected chi connectivity index (χ0v) is 36.8. The van der Waals surface area contributed by atoms with Gasteiger partial charge in [-0.1, -0.05) is 188 Å². The summed E-state index contributed by atoms with van der Waals surface area (Å²) in [7, 11) is 0. The van der Waals surface area contributed by atoms with Gasteiger partial charge in [-0.15, -0.1) is 0 Å². The molecular weight excluding hydrogens is 797 g/mol. The lowest BCUT2D eigenvalue weighted by Gasteiger charge is -2.27. The Balaban J connectivity index is 0.931. The summed E-state index contributed by atoms with van der Waals surface area (Å²) < 4.78 is 2.40. The number of anilines is 3. The minimum Gasteiger partial charge on any atom is -0.310 e. The van der Waals surface area contributed by atoms with Crippen molar-refractivity contribution in [2.75, 3.05) is 4.90 Å². The molecule has 0 spiro atoms. The number of rotatable bonds is 9. The highest BCUT2D eigenvalue weighted by Gasteiger charge is 2.20. The predicted octanol–water partition coefficient (Wildman–Crippen LogP) is 17.5. The predicted molar refractivity (Wildman–Crippen MR) is 281 cm³/mol. The SMILES string of the molecule is C1=CC(c2ccccc2)=CC(c2ccc(N(c3ccc(C4=CC=C(c5cccc6ccccc56)CC4)cc3)c3cccc(-c4cccc5c4c4ccccc4n5-c4ccccc4)c3)cc2)C1. The highest BCUT2D eigenvalue weighted by molar-refractivity contribution is 6.16. The summed E-state index contributed by atoms with van der Waals surface area (Å²) in [5.41, 5.74) is 18.6. The Morgan fingerprint density at radius 3 is 1.86 bits per heavy atom. The van der Waals surface area contributed by atoms with Gasteiger partial charge in [-0.2, -0.15) is 0 Å². The van der Waals surface area contributed by atoms with E-state index in [1.807, 2.05) is 0 Å². The first-order valence-electron chi connectivity index (χ1n) is 23.2. The van der Waals surface area contributed by atoms with Gasteiger partial charge in [-0.05, 0) is 141 Å². The first-order chi connectivity index (χ1) is 32.7. The van der Waals surface area contributed by atoms with Crippen molar-refractivity contribution in [3.05, 3.63) is 271 Å². The van der Waals surface area contributed by atoms with Crippen LogP contribution in [0.3, 0.4) is 0 Å². The van der Waals surface area contributed by atoms with Gasteiger partial charge in [0.2, 0.25) is 0 Å². The number of allylic oxidation sites excluding steroid dienone is 8. The maximum atomic E-state index is 2.43. The van der Waals surface area contributed by atoms with E-state index in [1.165, 1.54) is 82.7 Å². The standard InChI is InChI=1S/C64H48N2/c1-3-15-45(16-4-1)51-19-11-20-52(43-51)48-37-41-56(42-38-48)65(55-39-35-47(36-40-55)46-31-33-50(34-32-46)59-27-13-18-49-17-7-8-25-58(49)59)57-24-12-21-53(44-57)60-28-14-30-63-64(60)61-26-9-10-29-62(61)66(63)54-22-5-2-6-23-54/h1-19,21-31,33,35-44,52H,20,32,34H2. The molecule has 2 nitrogen and oxygen atoms in total. The Hall–Kier alpha value is -8.20. The number of hydrogen-bond donors (Lipinski definition) is 0. The van der Waals surface area contributed by atoms with Crippen LogP contribution in [0.1, 0.15) is 47.4 Å². The summed E-state index contributed by atoms with van der Waals surface area (Å²) in [4.78, 5) is 2.42. The van der Waals surface area contributed by atoms with Gasteiger partial charge < -0.3 is 9.47 Å². The number of fused-ring (bicyclic) bond motifs is 4. The molecule has 0 bridgehead atoms. The molecule has 0 N–H and O–H groups in total. The molecule has 1 atom stereocenters. The molecule has 2 heteroatoms. The summed E-state index contributed by atoms with van der Waals surface area (Å²) >= 11 is 0. The molecule has 0 amide bonds. The molecule has 0 radical (unpaired) electrons. The van der Waals surface area contributed by atoms with Crippen molar-refractivity contribution in [3.63, 3.8) is 0 Å². The van der Waals surface area contributed by atoms with E-state index in [2.05, 4.69) is 258 Å². The molecular formula is C64H48N2. The quantitative estimate of drug-likeness (QED) is 0.141. The van der Waals surface area contributed by atoms with E-state index >= 15 is 0 Å². The minimum atomic E-state index is 0.313. The van der Waals surface area contributed by atoms with Gasteiger partial charge in [0.1, 0.15) is 0 Å². The largest absolute Gasteiger partial charge is 0.310 e. The number of nitrogens with zero attached hydrogens (tertiary/aromatic N) is 2. The van der Waals surface area contributed by atoms with Crippen LogP contribution in [0.5, 0.6) is 0 Å². The third-order valence-electron chi connectivity index (χ3n) is 13.7. The molecule has 10 aromatic rings. The number of aromatic nitrogens is 1. The molecule has 2 aliphatic rings. The number of hydrogen-bond acceptors (Lipinski definition) is 1. The second kappa shape index (κ2) is 17.1. The molecule has 0 aliphatic heterocycles. The second-order valence-electron chi connectivity index (χ2n) is 17.6. The lowest BCUT2D eigenvalue weighted by Crippen LogP contribution is -2.10. The number of benzene rings is 9. The van der Waals surface area contributed by atoms with Crippen LogP contribution in [0.2, 0.25) is 0 Å². The van der Waals surface area contributed by atoms with Crippen LogP contribution < -0.4 is 4.90 Å². The van der Waals surface area contributed by atoms with Crippen LogP contribution in [-0.4, -0.2) is 4.57 Å². The third kappa shape index (κ3) is 7.27. The average Bonchev–Trinajstić information content (AvgIpc) is 3.74. The summed E-state index contributed by atoms with van der Waals surface area (Å²) in [5, 5.41) is 5.12. The van der Waals surface area contributed by atoms with Crippen molar-refractivity contribution in [2.45, 2.75) is 25.2 Å². The van der Waals surface area contributed by atoms with Gasteiger partial charge in [-0.3, -0.25) is 0 Å². The second-order valence-corrected chi connectivity index (χ2v) is 17.6. The monoisotopic (exact) mass is 844 g/mol. The summed E-state index contributed by atoms with van der Waals surface area (Å²) in [6, 6.07) is 80.0. The van der Waals surface area contributed by atoms with Gasteiger partial charge in [0, 0.05) is 39.4 Å². The van der Waals surface area contributed by atoms with Crippen LogP contribution in [0.25, 0.3) is 66.1 Å². The normalized spacial score (nSPS) is 14.8. The van der Waals surface area contributed by atoms with Crippen molar-refractivity contribution in [1.82, 2.24) is 4.57 Å². The zero-order chi connectivity index (χ0) is 43.8. The van der Waals surface area contributed by atoms with Crippen molar-refractivity contribution in [1.29, 1.82) is 0 Å². The van der Waals surface area contributed by atoms with Crippen molar-refractivity contribution < 1.29 is 0 Å². The fourth-order valence-corrected chi connectivity index (χ4v) is 10.4. The molecule has 1 unspecified atom stereocenters. The molecule has 0 saturated carbocycles. The van der Waals surface area contributed by atoms with Crippen LogP contribution in [0, 0.1) is 0 Å². The average molecular weight is 845 g/mol. The summed E-state index contributed by atoms with van der Waals surface area (Å²) in [5.74, 6) is 0.313. The molecule has 314 valence electrons. The highest BCUT2D eigenvalue weighted by Crippen LogP contribution is 2.43. The van der Waals surface area contributed by atoms with Crippen LogP contribution in [0.4, 0.5) is 17.1 Å². The van der Waals surface area contributed by atoms with Gasteiger partial charge in [0.15, 0.2) is 0 Å². The Kier molecular flexibility index (Phi) is 10.2. The van der Waals surface area contributed by atoms with E-state index in [9.17, 15) is 0 Å². The van der Waals surface area contributed by atoms with Crippen molar-refractivity contribution in [2.24, 2.45) is 0 Å². The molecule has 12 rings (SSSR count). The van der Waals surface area contributed by atoms with Gasteiger partial charge in [0.05, 0.1) is 11.0 Å². The number of para-hydroxylation sites is 2. The Labute approximate surface area is 387 Å². The van der Waals surface area contributed by atoms with E-state index in [0.717, 1.165) is 42.0 Å². The molecule has 1 aromatic heterocycles. The lowest BCUT2D eigenvalue weighted by molar-refractivity contribution is 0.857. The summed E-state index contributed by atoms with van der Waals surface area (Å²) in [6.07, 6.45) is 14.7. The first-order valence-corrected chi connectivity index (χ1v) is 23.2.